The van der Waals surface area contributed by atoms with E-state index in [9.17, 15) is 4.79 Å². The molecule has 1 heterocycles. The predicted molar refractivity (Wildman–Crippen MR) is 96.0 cm³/mol. The third-order valence-electron chi connectivity index (χ3n) is 3.63. The van der Waals surface area contributed by atoms with Gasteiger partial charge in [-0.15, -0.1) is 0 Å². The Hall–Kier alpha value is -3.35. The van der Waals surface area contributed by atoms with Crippen molar-refractivity contribution in [3.63, 3.8) is 0 Å². The number of carbonyl (C=O) groups is 1. The number of hydrogen-bond donors (Lipinski definition) is 2. The van der Waals surface area contributed by atoms with E-state index >= 15 is 0 Å². The van der Waals surface area contributed by atoms with Crippen molar-refractivity contribution < 1.29 is 9.53 Å². The summed E-state index contributed by atoms with van der Waals surface area (Å²) in [4.78, 5) is 15.1. The van der Waals surface area contributed by atoms with E-state index in [4.69, 9.17) is 4.74 Å². The van der Waals surface area contributed by atoms with E-state index in [1.165, 1.54) is 13.3 Å². The van der Waals surface area contributed by atoms with E-state index in [1.54, 1.807) is 18.1 Å². The molecule has 0 fully saturated rings. The number of methoxy groups -OCH3 is 1. The maximum atomic E-state index is 11.2. The fourth-order valence-electron chi connectivity index (χ4n) is 2.41. The molecule has 128 valence electrons. The van der Waals surface area contributed by atoms with Gasteiger partial charge < -0.3 is 15.4 Å². The number of nitrogens with one attached hydrogen (secondary N) is 2. The topological polar surface area (TPSA) is 81.1 Å². The van der Waals surface area contributed by atoms with Gasteiger partial charge in [-0.1, -0.05) is 12.1 Å². The van der Waals surface area contributed by atoms with Gasteiger partial charge in [0.05, 0.1) is 18.5 Å². The molecule has 1 amide bonds. The molecule has 0 aliphatic rings. The average molecular weight is 337 g/mol. The fraction of sp³-hybridized carbons (Fsp3) is 0.167. The minimum atomic E-state index is -0.133. The highest BCUT2D eigenvalue weighted by molar-refractivity contribution is 5.90. The number of benzene rings is 2. The summed E-state index contributed by atoms with van der Waals surface area (Å²) >= 11 is 0. The quantitative estimate of drug-likeness (QED) is 0.723. The second kappa shape index (κ2) is 7.48. The van der Waals surface area contributed by atoms with Crippen LogP contribution in [0, 0.1) is 0 Å². The van der Waals surface area contributed by atoms with Gasteiger partial charge in [0.15, 0.2) is 0 Å². The Morgan fingerprint density at radius 3 is 2.64 bits per heavy atom. The number of rotatable bonds is 6. The summed E-state index contributed by atoms with van der Waals surface area (Å²) in [6.45, 7) is 2.13. The summed E-state index contributed by atoms with van der Waals surface area (Å²) in [5.74, 6) is 0.480. The Bertz CT molecular complexity index is 844. The molecule has 2 N–H and O–H groups in total. The molecule has 7 nitrogen and oxygen atoms in total. The summed E-state index contributed by atoms with van der Waals surface area (Å²) in [6, 6.07) is 13.6. The van der Waals surface area contributed by atoms with Gasteiger partial charge in [-0.05, 0) is 29.8 Å². The van der Waals surface area contributed by atoms with Gasteiger partial charge >= 0.3 is 0 Å². The molecule has 7 heteroatoms. The number of amides is 1. The molecule has 0 unspecified atom stereocenters. The van der Waals surface area contributed by atoms with Crippen molar-refractivity contribution >= 4 is 17.3 Å². The highest BCUT2D eigenvalue weighted by Crippen LogP contribution is 2.28. The van der Waals surface area contributed by atoms with Crippen LogP contribution in [-0.2, 0) is 11.3 Å². The lowest BCUT2D eigenvalue weighted by atomic mass is 10.2. The number of hydrogen-bond acceptors (Lipinski definition) is 5. The molecule has 0 aliphatic carbocycles. The molecule has 3 aromatic rings. The maximum Gasteiger partial charge on any atom is 0.221 e. The van der Waals surface area contributed by atoms with Crippen LogP contribution in [0.1, 0.15) is 12.5 Å². The van der Waals surface area contributed by atoms with E-state index < -0.39 is 0 Å². The monoisotopic (exact) mass is 337 g/mol. The van der Waals surface area contributed by atoms with Crippen LogP contribution in [-0.4, -0.2) is 27.8 Å². The Morgan fingerprint density at radius 1 is 1.20 bits per heavy atom. The van der Waals surface area contributed by atoms with Crippen LogP contribution in [0.25, 0.3) is 5.69 Å². The van der Waals surface area contributed by atoms with Crippen LogP contribution in [0.2, 0.25) is 0 Å². The highest BCUT2D eigenvalue weighted by Gasteiger charge is 2.06. The van der Waals surface area contributed by atoms with Crippen LogP contribution in [0.4, 0.5) is 11.4 Å². The predicted octanol–water partition coefficient (Wildman–Crippen LogP) is 2.85. The summed E-state index contributed by atoms with van der Waals surface area (Å²) in [5.41, 5.74) is 3.65. The first-order valence-corrected chi connectivity index (χ1v) is 7.79. The summed E-state index contributed by atoms with van der Waals surface area (Å²) in [5, 5.41) is 10.2. The summed E-state index contributed by atoms with van der Waals surface area (Å²) in [7, 11) is 1.58. The second-order valence-corrected chi connectivity index (χ2v) is 5.46. The van der Waals surface area contributed by atoms with E-state index in [0.717, 1.165) is 16.9 Å². The van der Waals surface area contributed by atoms with Crippen molar-refractivity contribution in [1.82, 2.24) is 14.8 Å². The minimum absolute atomic E-state index is 0.133. The number of aromatic nitrogens is 3. The van der Waals surface area contributed by atoms with Crippen LogP contribution >= 0.6 is 0 Å². The van der Waals surface area contributed by atoms with Crippen molar-refractivity contribution in [2.75, 3.05) is 17.7 Å². The van der Waals surface area contributed by atoms with Gasteiger partial charge in [-0.3, -0.25) is 4.79 Å². The molecular weight excluding hydrogens is 318 g/mol. The molecule has 0 saturated heterocycles. The van der Waals surface area contributed by atoms with Gasteiger partial charge in [-0.25, -0.2) is 9.67 Å². The van der Waals surface area contributed by atoms with E-state index in [1.807, 2.05) is 42.5 Å². The molecule has 0 aliphatic heterocycles. The van der Waals surface area contributed by atoms with Crippen molar-refractivity contribution in [3.8, 4) is 11.4 Å². The second-order valence-electron chi connectivity index (χ2n) is 5.46. The van der Waals surface area contributed by atoms with Gasteiger partial charge in [0, 0.05) is 25.2 Å². The number of carbonyl (C=O) groups excluding carboxylic acids is 1. The first-order chi connectivity index (χ1) is 12.2. The van der Waals surface area contributed by atoms with Gasteiger partial charge in [0.25, 0.3) is 0 Å². The smallest absolute Gasteiger partial charge is 0.221 e. The fourth-order valence-corrected chi connectivity index (χ4v) is 2.41. The third kappa shape index (κ3) is 4.14. The normalized spacial score (nSPS) is 10.3. The first-order valence-electron chi connectivity index (χ1n) is 7.79. The molecule has 0 spiro atoms. The van der Waals surface area contributed by atoms with Crippen molar-refractivity contribution in [2.45, 2.75) is 13.5 Å². The van der Waals surface area contributed by atoms with E-state index in [2.05, 4.69) is 20.7 Å². The largest absolute Gasteiger partial charge is 0.494 e. The van der Waals surface area contributed by atoms with Crippen molar-refractivity contribution in [1.29, 1.82) is 0 Å². The van der Waals surface area contributed by atoms with Crippen LogP contribution in [0.5, 0.6) is 5.75 Å². The third-order valence-corrected chi connectivity index (χ3v) is 3.63. The lowest BCUT2D eigenvalue weighted by molar-refractivity contribution is -0.114. The molecule has 25 heavy (non-hydrogen) atoms. The van der Waals surface area contributed by atoms with E-state index in [0.29, 0.717) is 18.0 Å². The lowest BCUT2D eigenvalue weighted by Gasteiger charge is -2.12. The Kier molecular flexibility index (Phi) is 4.94. The molecule has 2 aromatic carbocycles. The highest BCUT2D eigenvalue weighted by atomic mass is 16.5. The number of ether oxygens (including phenoxy) is 1. The Labute approximate surface area is 145 Å². The lowest BCUT2D eigenvalue weighted by Crippen LogP contribution is -2.07. The summed E-state index contributed by atoms with van der Waals surface area (Å²) < 4.78 is 7.04. The Morgan fingerprint density at radius 2 is 2.00 bits per heavy atom. The van der Waals surface area contributed by atoms with Crippen molar-refractivity contribution in [2.24, 2.45) is 0 Å². The number of nitrogens with zero attached hydrogens (tertiary/aromatic N) is 3. The van der Waals surface area contributed by atoms with Gasteiger partial charge in [-0.2, -0.15) is 5.10 Å². The zero-order chi connectivity index (χ0) is 17.6. The Balaban J connectivity index is 1.66. The molecule has 0 bridgehead atoms. The minimum Gasteiger partial charge on any atom is -0.494 e. The van der Waals surface area contributed by atoms with Crippen LogP contribution in [0.15, 0.2) is 55.1 Å². The molecule has 3 rings (SSSR count). The first kappa shape index (κ1) is 16.5. The van der Waals surface area contributed by atoms with Crippen LogP contribution < -0.4 is 15.4 Å². The molecule has 1 aromatic heterocycles. The molecule has 0 radical (unpaired) electrons. The van der Waals surface area contributed by atoms with Crippen LogP contribution in [0.3, 0.4) is 0 Å². The number of anilines is 2. The molecular formula is C18H19N5O2. The van der Waals surface area contributed by atoms with E-state index in [-0.39, 0.29) is 5.91 Å². The standard InChI is InChI=1S/C18H19N5O2/c1-13(24)22-17-8-5-15(9-18(17)25-2)20-10-14-3-6-16(7-4-14)23-12-19-11-21-23/h3-9,11-12,20H,10H2,1-2H3,(H,22,24). The molecule has 0 saturated carbocycles. The van der Waals surface area contributed by atoms with Gasteiger partial charge in [0.1, 0.15) is 18.4 Å². The summed E-state index contributed by atoms with van der Waals surface area (Å²) in [6.07, 6.45) is 3.17. The molecule has 0 atom stereocenters. The maximum absolute atomic E-state index is 11.2. The zero-order valence-electron chi connectivity index (χ0n) is 14.1. The van der Waals surface area contributed by atoms with Gasteiger partial charge in [0.2, 0.25) is 5.91 Å². The van der Waals surface area contributed by atoms with Crippen molar-refractivity contribution in [3.05, 3.63) is 60.7 Å². The zero-order valence-corrected chi connectivity index (χ0v) is 14.1. The SMILES string of the molecule is COc1cc(NCc2ccc(-n3cncn3)cc2)ccc1NC(C)=O. The average Bonchev–Trinajstić information content (AvgIpc) is 3.15.